The van der Waals surface area contributed by atoms with Gasteiger partial charge in [0.05, 0.1) is 17.0 Å². The summed E-state index contributed by atoms with van der Waals surface area (Å²) in [5.74, 6) is -2.11. The van der Waals surface area contributed by atoms with Crippen LogP contribution in [-0.4, -0.2) is 23.0 Å². The number of rotatable bonds is 2. The molecule has 2 rings (SSSR count). The van der Waals surface area contributed by atoms with Crippen LogP contribution in [0.5, 0.6) is 0 Å². The van der Waals surface area contributed by atoms with E-state index in [1.807, 2.05) is 0 Å². The van der Waals surface area contributed by atoms with E-state index in [1.165, 1.54) is 23.9 Å². The van der Waals surface area contributed by atoms with Gasteiger partial charge < -0.3 is 5.32 Å². The van der Waals surface area contributed by atoms with Gasteiger partial charge in [0.2, 0.25) is 5.91 Å². The fraction of sp³-hybridized carbons (Fsp3) is 0.100. The van der Waals surface area contributed by atoms with Crippen molar-refractivity contribution >= 4 is 40.7 Å². The van der Waals surface area contributed by atoms with E-state index in [1.54, 1.807) is 0 Å². The molecule has 8 heteroatoms. The van der Waals surface area contributed by atoms with E-state index in [0.717, 1.165) is 6.21 Å². The lowest BCUT2D eigenvalue weighted by Gasteiger charge is -1.98. The topological polar surface area (TPSA) is 53.8 Å². The van der Waals surface area contributed by atoms with Crippen molar-refractivity contribution in [3.8, 4) is 0 Å². The first-order valence-corrected chi connectivity index (χ1v) is 6.11. The maximum atomic E-state index is 13.4. The zero-order chi connectivity index (χ0) is 13.1. The Morgan fingerprint density at radius 2 is 2.17 bits per heavy atom. The molecule has 1 aliphatic heterocycles. The molecule has 1 aromatic rings. The lowest BCUT2D eigenvalue weighted by molar-refractivity contribution is -0.116. The second-order valence-electron chi connectivity index (χ2n) is 3.25. The van der Waals surface area contributed by atoms with Crippen molar-refractivity contribution < 1.29 is 13.6 Å². The number of carbonyl (C=O) groups excluding carboxylic acids is 1. The van der Waals surface area contributed by atoms with Gasteiger partial charge in [0, 0.05) is 5.56 Å². The molecule has 0 aliphatic carbocycles. The molecule has 1 fully saturated rings. The molecule has 0 spiro atoms. The molecule has 0 atom stereocenters. The number of benzene rings is 1. The average Bonchev–Trinajstić information content (AvgIpc) is 2.75. The number of amides is 1. The summed E-state index contributed by atoms with van der Waals surface area (Å²) in [4.78, 5) is 10.8. The molecule has 1 N–H and O–H groups in total. The van der Waals surface area contributed by atoms with Crippen molar-refractivity contribution in [1.82, 2.24) is 5.32 Å². The molecule has 1 heterocycles. The maximum absolute atomic E-state index is 13.4. The van der Waals surface area contributed by atoms with Crippen LogP contribution in [0, 0.1) is 11.6 Å². The summed E-state index contributed by atoms with van der Waals surface area (Å²) in [7, 11) is 0. The largest absolute Gasteiger partial charge is 0.303 e. The van der Waals surface area contributed by atoms with E-state index in [0.29, 0.717) is 5.17 Å². The summed E-state index contributed by atoms with van der Waals surface area (Å²) in [6.07, 6.45) is 1.05. The molecule has 1 aliphatic rings. The van der Waals surface area contributed by atoms with Crippen LogP contribution in [0.15, 0.2) is 22.3 Å². The molecule has 0 aromatic heterocycles. The van der Waals surface area contributed by atoms with Gasteiger partial charge in [-0.15, -0.1) is 5.10 Å². The van der Waals surface area contributed by atoms with Crippen molar-refractivity contribution in [1.29, 1.82) is 0 Å². The van der Waals surface area contributed by atoms with E-state index < -0.39 is 11.6 Å². The van der Waals surface area contributed by atoms with E-state index >= 15 is 0 Å². The van der Waals surface area contributed by atoms with Gasteiger partial charge in [0.15, 0.2) is 16.8 Å². The van der Waals surface area contributed by atoms with Crippen LogP contribution in [0.1, 0.15) is 5.56 Å². The van der Waals surface area contributed by atoms with Crippen LogP contribution in [0.3, 0.4) is 0 Å². The number of hydrogen-bond donors (Lipinski definition) is 1. The van der Waals surface area contributed by atoms with Crippen LogP contribution in [0.2, 0.25) is 5.02 Å². The highest BCUT2D eigenvalue weighted by molar-refractivity contribution is 8.15. The SMILES string of the molecule is O=C1CSC(=NN=Cc2ccc(Cl)c(F)c2F)N1. The standard InChI is InChI=1S/C10H6ClF2N3OS/c11-6-2-1-5(8(12)9(6)13)3-14-16-10-15-7(17)4-18-10/h1-3H,4H2,(H,15,16,17). The third-order valence-electron chi connectivity index (χ3n) is 2.00. The highest BCUT2D eigenvalue weighted by Gasteiger charge is 2.16. The number of nitrogens with zero attached hydrogens (tertiary/aromatic N) is 2. The Balaban J connectivity index is 2.15. The van der Waals surface area contributed by atoms with Gasteiger partial charge in [0.1, 0.15) is 0 Å². The lowest BCUT2D eigenvalue weighted by Crippen LogP contribution is -2.19. The molecular formula is C10H6ClF2N3OS. The van der Waals surface area contributed by atoms with Crippen LogP contribution in [0.4, 0.5) is 8.78 Å². The Morgan fingerprint density at radius 3 is 2.83 bits per heavy atom. The third-order valence-corrected chi connectivity index (χ3v) is 3.15. The molecule has 1 saturated heterocycles. The number of halogens is 3. The monoisotopic (exact) mass is 289 g/mol. The summed E-state index contributed by atoms with van der Waals surface area (Å²) < 4.78 is 26.5. The quantitative estimate of drug-likeness (QED) is 0.515. The smallest absolute Gasteiger partial charge is 0.236 e. The Bertz CT molecular complexity index is 562. The van der Waals surface area contributed by atoms with E-state index in [4.69, 9.17) is 11.6 Å². The van der Waals surface area contributed by atoms with Crippen LogP contribution in [-0.2, 0) is 4.79 Å². The van der Waals surface area contributed by atoms with Gasteiger partial charge in [-0.05, 0) is 12.1 Å². The summed E-state index contributed by atoms with van der Waals surface area (Å²) in [6.45, 7) is 0. The fourth-order valence-electron chi connectivity index (χ4n) is 1.16. The number of hydrogen-bond acceptors (Lipinski definition) is 4. The predicted octanol–water partition coefficient (Wildman–Crippen LogP) is 2.17. The highest BCUT2D eigenvalue weighted by atomic mass is 35.5. The number of amidine groups is 1. The molecule has 0 radical (unpaired) electrons. The minimum atomic E-state index is -1.13. The zero-order valence-corrected chi connectivity index (χ0v) is 10.4. The first kappa shape index (κ1) is 13.0. The van der Waals surface area contributed by atoms with E-state index in [2.05, 4.69) is 15.5 Å². The zero-order valence-electron chi connectivity index (χ0n) is 8.78. The Labute approximate surface area is 110 Å². The average molecular weight is 290 g/mol. The van der Waals surface area contributed by atoms with Crippen LogP contribution >= 0.6 is 23.4 Å². The molecule has 94 valence electrons. The van der Waals surface area contributed by atoms with Gasteiger partial charge in [-0.25, -0.2) is 8.78 Å². The molecule has 1 aromatic carbocycles. The molecule has 4 nitrogen and oxygen atoms in total. The van der Waals surface area contributed by atoms with Crippen LogP contribution in [0.25, 0.3) is 0 Å². The molecule has 1 amide bonds. The van der Waals surface area contributed by atoms with Gasteiger partial charge in [-0.1, -0.05) is 23.4 Å². The van der Waals surface area contributed by atoms with Gasteiger partial charge in [0.25, 0.3) is 0 Å². The fourth-order valence-corrected chi connectivity index (χ4v) is 1.94. The Kier molecular flexibility index (Phi) is 3.93. The second kappa shape index (κ2) is 5.45. The second-order valence-corrected chi connectivity index (χ2v) is 4.62. The normalized spacial score (nSPS) is 17.7. The molecule has 0 unspecified atom stereocenters. The van der Waals surface area contributed by atoms with Crippen molar-refractivity contribution in [2.45, 2.75) is 0 Å². The number of nitrogens with one attached hydrogen (secondary N) is 1. The third kappa shape index (κ3) is 2.85. The molecule has 0 bridgehead atoms. The Morgan fingerprint density at radius 1 is 1.39 bits per heavy atom. The predicted molar refractivity (Wildman–Crippen MR) is 67.0 cm³/mol. The Hall–Kier alpha value is -1.47. The number of thioether (sulfide) groups is 1. The summed E-state index contributed by atoms with van der Waals surface area (Å²) >= 11 is 6.58. The van der Waals surface area contributed by atoms with Crippen LogP contribution < -0.4 is 5.32 Å². The van der Waals surface area contributed by atoms with E-state index in [9.17, 15) is 13.6 Å². The summed E-state index contributed by atoms with van der Waals surface area (Å²) in [5, 5.41) is 9.70. The first-order chi connectivity index (χ1) is 8.58. The van der Waals surface area contributed by atoms with E-state index in [-0.39, 0.29) is 22.2 Å². The molecule has 18 heavy (non-hydrogen) atoms. The lowest BCUT2D eigenvalue weighted by atomic mass is 10.2. The van der Waals surface area contributed by atoms with Crippen molar-refractivity contribution in [3.63, 3.8) is 0 Å². The van der Waals surface area contributed by atoms with Crippen molar-refractivity contribution in [2.75, 3.05) is 5.75 Å². The van der Waals surface area contributed by atoms with Crippen molar-refractivity contribution in [2.24, 2.45) is 10.2 Å². The minimum Gasteiger partial charge on any atom is -0.303 e. The highest BCUT2D eigenvalue weighted by Crippen LogP contribution is 2.19. The summed E-state index contributed by atoms with van der Waals surface area (Å²) in [5.41, 5.74) is -0.0735. The van der Waals surface area contributed by atoms with Gasteiger partial charge >= 0.3 is 0 Å². The molecular weight excluding hydrogens is 284 g/mol. The van der Waals surface area contributed by atoms with Gasteiger partial charge in [-0.3, -0.25) is 4.79 Å². The van der Waals surface area contributed by atoms with Gasteiger partial charge in [-0.2, -0.15) is 5.10 Å². The molecule has 0 saturated carbocycles. The number of carbonyl (C=O) groups is 1. The first-order valence-electron chi connectivity index (χ1n) is 4.75. The van der Waals surface area contributed by atoms with Crippen molar-refractivity contribution in [3.05, 3.63) is 34.4 Å². The minimum absolute atomic E-state index is 0.0735. The maximum Gasteiger partial charge on any atom is 0.236 e. The summed E-state index contributed by atoms with van der Waals surface area (Å²) in [6, 6.07) is 2.51.